The molecule has 5 nitrogen and oxygen atoms in total. The average molecular weight is 332 g/mol. The largest absolute Gasteiger partial charge is 0.496 e. The van der Waals surface area contributed by atoms with Crippen molar-refractivity contribution in [2.75, 3.05) is 20.8 Å². The van der Waals surface area contributed by atoms with Crippen LogP contribution in [0, 0.1) is 0 Å². The van der Waals surface area contributed by atoms with Gasteiger partial charge in [0.05, 0.1) is 26.7 Å². The van der Waals surface area contributed by atoms with Gasteiger partial charge in [0.1, 0.15) is 5.75 Å². The van der Waals surface area contributed by atoms with Gasteiger partial charge in [0.25, 0.3) is 0 Å². The summed E-state index contributed by atoms with van der Waals surface area (Å²) in [5.74, 6) is 0.354. The van der Waals surface area contributed by atoms with E-state index in [9.17, 15) is 9.90 Å². The third-order valence-corrected chi connectivity index (χ3v) is 3.06. The van der Waals surface area contributed by atoms with Gasteiger partial charge in [0, 0.05) is 23.1 Å². The Balaban J connectivity index is 2.44. The predicted octanol–water partition coefficient (Wildman–Crippen LogP) is 1.47. The van der Waals surface area contributed by atoms with Crippen molar-refractivity contribution in [1.29, 1.82) is 0 Å². The van der Waals surface area contributed by atoms with Crippen LogP contribution in [0.4, 0.5) is 0 Å². The molecule has 1 atom stereocenters. The molecule has 2 N–H and O–H groups in total. The molecule has 1 aromatic rings. The lowest BCUT2D eigenvalue weighted by Crippen LogP contribution is -2.28. The summed E-state index contributed by atoms with van der Waals surface area (Å²) in [4.78, 5) is 11.0. The number of nitrogens with one attached hydrogen (secondary N) is 1. The Hall–Kier alpha value is -1.11. The topological polar surface area (TPSA) is 67.8 Å². The Labute approximate surface area is 121 Å². The number of carbonyl (C=O) groups excluding carboxylic acids is 1. The second-order valence-corrected chi connectivity index (χ2v) is 4.94. The minimum Gasteiger partial charge on any atom is -0.496 e. The molecule has 0 aliphatic rings. The number of aliphatic hydroxyl groups is 1. The van der Waals surface area contributed by atoms with Gasteiger partial charge in [-0.3, -0.25) is 4.79 Å². The van der Waals surface area contributed by atoms with Crippen molar-refractivity contribution < 1.29 is 19.4 Å². The number of halogens is 1. The molecule has 0 bridgehead atoms. The third kappa shape index (κ3) is 5.59. The molecule has 0 aliphatic heterocycles. The number of benzene rings is 1. The summed E-state index contributed by atoms with van der Waals surface area (Å²) in [6.07, 6.45) is -0.773. The van der Waals surface area contributed by atoms with Crippen LogP contribution in [0.3, 0.4) is 0 Å². The zero-order valence-corrected chi connectivity index (χ0v) is 12.6. The highest BCUT2D eigenvalue weighted by atomic mass is 79.9. The van der Waals surface area contributed by atoms with Crippen molar-refractivity contribution in [3.8, 4) is 5.75 Å². The highest BCUT2D eigenvalue weighted by Crippen LogP contribution is 2.22. The van der Waals surface area contributed by atoms with Crippen molar-refractivity contribution in [2.45, 2.75) is 19.1 Å². The Kier molecular flexibility index (Phi) is 6.83. The molecule has 6 heteroatoms. The molecule has 0 fully saturated rings. The fraction of sp³-hybridized carbons (Fsp3) is 0.462. The average Bonchev–Trinajstić information content (AvgIpc) is 2.38. The van der Waals surface area contributed by atoms with Crippen LogP contribution in [0.5, 0.6) is 5.75 Å². The highest BCUT2D eigenvalue weighted by Gasteiger charge is 2.11. The Morgan fingerprint density at radius 2 is 2.21 bits per heavy atom. The van der Waals surface area contributed by atoms with Crippen LogP contribution >= 0.6 is 15.9 Å². The van der Waals surface area contributed by atoms with E-state index in [1.54, 1.807) is 7.11 Å². The summed E-state index contributed by atoms with van der Waals surface area (Å²) in [5.41, 5.74) is 0.974. The van der Waals surface area contributed by atoms with E-state index in [0.717, 1.165) is 15.8 Å². The Bertz CT molecular complexity index is 425. The lowest BCUT2D eigenvalue weighted by Gasteiger charge is -2.13. The fourth-order valence-electron chi connectivity index (χ4n) is 1.61. The first-order valence-electron chi connectivity index (χ1n) is 5.84. The summed E-state index contributed by atoms with van der Waals surface area (Å²) in [6, 6.07) is 5.71. The van der Waals surface area contributed by atoms with Gasteiger partial charge in [-0.15, -0.1) is 0 Å². The van der Waals surface area contributed by atoms with Crippen LogP contribution in [0.1, 0.15) is 12.0 Å². The van der Waals surface area contributed by atoms with E-state index < -0.39 is 12.1 Å². The van der Waals surface area contributed by atoms with E-state index in [1.807, 2.05) is 18.2 Å². The number of hydrogen-bond donors (Lipinski definition) is 2. The van der Waals surface area contributed by atoms with Crippen molar-refractivity contribution in [2.24, 2.45) is 0 Å². The smallest absolute Gasteiger partial charge is 0.308 e. The first kappa shape index (κ1) is 15.9. The highest BCUT2D eigenvalue weighted by molar-refractivity contribution is 9.10. The first-order chi connectivity index (χ1) is 9.06. The minimum absolute atomic E-state index is 0.0148. The van der Waals surface area contributed by atoms with Crippen LogP contribution in [0.15, 0.2) is 22.7 Å². The SMILES string of the molecule is COC(=O)CC(O)CNCc1cc(Br)ccc1OC. The molecule has 19 heavy (non-hydrogen) atoms. The van der Waals surface area contributed by atoms with Crippen LogP contribution in [-0.4, -0.2) is 37.9 Å². The van der Waals surface area contributed by atoms with Crippen LogP contribution in [0.2, 0.25) is 0 Å². The van der Waals surface area contributed by atoms with Gasteiger partial charge in [-0.1, -0.05) is 15.9 Å². The maximum absolute atomic E-state index is 11.0. The normalized spacial score (nSPS) is 12.0. The number of ether oxygens (including phenoxy) is 2. The molecule has 1 unspecified atom stereocenters. The van der Waals surface area contributed by atoms with Gasteiger partial charge in [0.2, 0.25) is 0 Å². The van der Waals surface area contributed by atoms with E-state index in [4.69, 9.17) is 4.74 Å². The molecule has 0 radical (unpaired) electrons. The second-order valence-electron chi connectivity index (χ2n) is 4.02. The lowest BCUT2D eigenvalue weighted by atomic mass is 10.2. The number of rotatable bonds is 7. The summed E-state index contributed by atoms with van der Waals surface area (Å²) in [5, 5.41) is 12.7. The third-order valence-electron chi connectivity index (χ3n) is 2.57. The molecular formula is C13H18BrNO4. The summed E-state index contributed by atoms with van der Waals surface area (Å²) in [6.45, 7) is 0.853. The van der Waals surface area contributed by atoms with Crippen LogP contribution in [0.25, 0.3) is 0 Å². The Morgan fingerprint density at radius 3 is 2.84 bits per heavy atom. The van der Waals surface area contributed by atoms with Gasteiger partial charge < -0.3 is 19.9 Å². The summed E-state index contributed by atoms with van der Waals surface area (Å²) < 4.78 is 10.7. The quantitative estimate of drug-likeness (QED) is 0.740. The zero-order valence-electron chi connectivity index (χ0n) is 11.0. The first-order valence-corrected chi connectivity index (χ1v) is 6.64. The van der Waals surface area contributed by atoms with Gasteiger partial charge in [-0.2, -0.15) is 0 Å². The van der Waals surface area contributed by atoms with Crippen molar-refractivity contribution in [3.05, 3.63) is 28.2 Å². The number of methoxy groups -OCH3 is 2. The predicted molar refractivity (Wildman–Crippen MR) is 75.0 cm³/mol. The molecule has 0 saturated carbocycles. The lowest BCUT2D eigenvalue weighted by molar-refractivity contribution is -0.142. The molecule has 0 aliphatic carbocycles. The van der Waals surface area contributed by atoms with Gasteiger partial charge in [0.15, 0.2) is 0 Å². The number of aliphatic hydroxyl groups excluding tert-OH is 1. The molecule has 0 saturated heterocycles. The number of esters is 1. The minimum atomic E-state index is -0.759. The fourth-order valence-corrected chi connectivity index (χ4v) is 2.02. The monoisotopic (exact) mass is 331 g/mol. The van der Waals surface area contributed by atoms with Gasteiger partial charge in [-0.25, -0.2) is 0 Å². The van der Waals surface area contributed by atoms with Gasteiger partial charge >= 0.3 is 5.97 Å². The molecule has 0 heterocycles. The summed E-state index contributed by atoms with van der Waals surface area (Å²) >= 11 is 3.39. The molecule has 0 amide bonds. The standard InChI is InChI=1S/C13H18BrNO4/c1-18-12-4-3-10(14)5-9(12)7-15-8-11(16)6-13(17)19-2/h3-5,11,15-16H,6-8H2,1-2H3. The van der Waals surface area contributed by atoms with Crippen LogP contribution in [-0.2, 0) is 16.1 Å². The molecular weight excluding hydrogens is 314 g/mol. The molecule has 106 valence electrons. The second kappa shape index (κ2) is 8.14. The molecule has 1 rings (SSSR count). The maximum atomic E-state index is 11.0. The van der Waals surface area contributed by atoms with Crippen molar-refractivity contribution in [1.82, 2.24) is 5.32 Å². The van der Waals surface area contributed by atoms with E-state index in [0.29, 0.717) is 13.1 Å². The van der Waals surface area contributed by atoms with E-state index in [2.05, 4.69) is 26.0 Å². The number of carbonyl (C=O) groups is 1. The van der Waals surface area contributed by atoms with Crippen molar-refractivity contribution >= 4 is 21.9 Å². The van der Waals surface area contributed by atoms with E-state index >= 15 is 0 Å². The molecule has 0 aromatic heterocycles. The zero-order chi connectivity index (χ0) is 14.3. The van der Waals surface area contributed by atoms with E-state index in [1.165, 1.54) is 7.11 Å². The number of hydrogen-bond acceptors (Lipinski definition) is 5. The van der Waals surface area contributed by atoms with E-state index in [-0.39, 0.29) is 6.42 Å². The molecule has 1 aromatic carbocycles. The molecule has 0 spiro atoms. The maximum Gasteiger partial charge on any atom is 0.308 e. The van der Waals surface area contributed by atoms with Crippen molar-refractivity contribution in [3.63, 3.8) is 0 Å². The Morgan fingerprint density at radius 1 is 1.47 bits per heavy atom. The van der Waals surface area contributed by atoms with Gasteiger partial charge in [-0.05, 0) is 18.2 Å². The summed E-state index contributed by atoms with van der Waals surface area (Å²) in [7, 11) is 2.91. The van der Waals surface area contributed by atoms with Crippen LogP contribution < -0.4 is 10.1 Å².